The molecule has 1 saturated heterocycles. The average Bonchev–Trinajstić information content (AvgIpc) is 2.17. The second-order valence-electron chi connectivity index (χ2n) is 3.73. The zero-order chi connectivity index (χ0) is 9.52. The molecule has 0 saturated carbocycles. The molecule has 1 heterocycles. The van der Waals surface area contributed by atoms with E-state index in [1.165, 1.54) is 24.3 Å². The summed E-state index contributed by atoms with van der Waals surface area (Å²) in [6, 6.07) is 2.55. The number of nitriles is 1. The minimum atomic E-state index is 0.361. The van der Waals surface area contributed by atoms with Crippen molar-refractivity contribution < 1.29 is 0 Å². The van der Waals surface area contributed by atoms with Gasteiger partial charge in [-0.25, -0.2) is 0 Å². The molecule has 0 bridgehead atoms. The van der Waals surface area contributed by atoms with Crippen LogP contribution in [0.2, 0.25) is 0 Å². The molecule has 0 aromatic rings. The predicted molar refractivity (Wildman–Crippen MR) is 57.7 cm³/mol. The van der Waals surface area contributed by atoms with E-state index in [4.69, 9.17) is 5.26 Å². The minimum absolute atomic E-state index is 0.361. The van der Waals surface area contributed by atoms with Gasteiger partial charge in [0.25, 0.3) is 0 Å². The molecule has 3 heteroatoms. The molecule has 0 radical (unpaired) electrons. The van der Waals surface area contributed by atoms with Gasteiger partial charge in [-0.05, 0) is 43.7 Å². The van der Waals surface area contributed by atoms with Crippen LogP contribution in [-0.4, -0.2) is 24.1 Å². The molecule has 1 atom stereocenters. The lowest BCUT2D eigenvalue weighted by atomic mass is 10.0. The second-order valence-corrected chi connectivity index (χ2v) is 4.95. The van der Waals surface area contributed by atoms with Crippen LogP contribution in [0.4, 0.5) is 0 Å². The van der Waals surface area contributed by atoms with Crippen molar-refractivity contribution in [3.63, 3.8) is 0 Å². The van der Waals surface area contributed by atoms with Gasteiger partial charge < -0.3 is 5.32 Å². The highest BCUT2D eigenvalue weighted by Crippen LogP contribution is 2.21. The van der Waals surface area contributed by atoms with Crippen molar-refractivity contribution in [1.29, 1.82) is 5.26 Å². The fraction of sp³-hybridized carbons (Fsp3) is 0.900. The van der Waals surface area contributed by atoms with E-state index >= 15 is 0 Å². The Hall–Kier alpha value is -0.200. The van der Waals surface area contributed by atoms with E-state index in [-0.39, 0.29) is 0 Å². The lowest BCUT2D eigenvalue weighted by Crippen LogP contribution is -2.32. The molecule has 74 valence electrons. The summed E-state index contributed by atoms with van der Waals surface area (Å²) in [7, 11) is 0. The van der Waals surface area contributed by atoms with Crippen LogP contribution in [0.5, 0.6) is 0 Å². The molecule has 0 aromatic carbocycles. The Morgan fingerprint density at radius 2 is 2.23 bits per heavy atom. The lowest BCUT2D eigenvalue weighted by Gasteiger charge is -2.23. The van der Waals surface area contributed by atoms with Crippen LogP contribution < -0.4 is 5.32 Å². The van der Waals surface area contributed by atoms with Gasteiger partial charge in [-0.15, -0.1) is 0 Å². The SMILES string of the molecule is CC(CC#N)NCC1CCSCC1. The Balaban J connectivity index is 2.07. The normalized spacial score (nSPS) is 20.9. The van der Waals surface area contributed by atoms with E-state index in [9.17, 15) is 0 Å². The van der Waals surface area contributed by atoms with Gasteiger partial charge in [0.15, 0.2) is 0 Å². The van der Waals surface area contributed by atoms with E-state index in [1.54, 1.807) is 0 Å². The molecule has 0 amide bonds. The molecule has 0 spiro atoms. The number of nitrogens with one attached hydrogen (secondary N) is 1. The van der Waals surface area contributed by atoms with Gasteiger partial charge in [-0.3, -0.25) is 0 Å². The number of rotatable bonds is 4. The van der Waals surface area contributed by atoms with Crippen LogP contribution in [0.15, 0.2) is 0 Å². The predicted octanol–water partition coefficient (Wildman–Crippen LogP) is 2.02. The van der Waals surface area contributed by atoms with Gasteiger partial charge in [0.2, 0.25) is 0 Å². The van der Waals surface area contributed by atoms with Crippen LogP contribution in [0.3, 0.4) is 0 Å². The summed E-state index contributed by atoms with van der Waals surface area (Å²) in [6.45, 7) is 3.18. The minimum Gasteiger partial charge on any atom is -0.313 e. The summed E-state index contributed by atoms with van der Waals surface area (Å²) in [6.07, 6.45) is 3.31. The third-order valence-corrected chi connectivity index (χ3v) is 3.54. The molecule has 1 aliphatic rings. The van der Waals surface area contributed by atoms with Crippen molar-refractivity contribution in [3.8, 4) is 6.07 Å². The quantitative estimate of drug-likeness (QED) is 0.750. The van der Waals surface area contributed by atoms with Crippen LogP contribution in [0.1, 0.15) is 26.2 Å². The molecule has 1 fully saturated rings. The standard InChI is InChI=1S/C10H18N2S/c1-9(2-5-11)12-8-10-3-6-13-7-4-10/h9-10,12H,2-4,6-8H2,1H3. The second kappa shape index (κ2) is 6.28. The highest BCUT2D eigenvalue weighted by Gasteiger charge is 2.13. The van der Waals surface area contributed by atoms with E-state index in [1.807, 2.05) is 0 Å². The smallest absolute Gasteiger partial charge is 0.0638 e. The number of thioether (sulfide) groups is 1. The van der Waals surface area contributed by atoms with Gasteiger partial charge in [-0.2, -0.15) is 17.0 Å². The third kappa shape index (κ3) is 4.54. The third-order valence-electron chi connectivity index (χ3n) is 2.49. The fourth-order valence-corrected chi connectivity index (χ4v) is 2.73. The molecule has 13 heavy (non-hydrogen) atoms. The largest absolute Gasteiger partial charge is 0.313 e. The zero-order valence-corrected chi connectivity index (χ0v) is 9.07. The summed E-state index contributed by atoms with van der Waals surface area (Å²) in [5.74, 6) is 3.49. The number of hydrogen-bond acceptors (Lipinski definition) is 3. The Kier molecular flexibility index (Phi) is 5.26. The first-order valence-electron chi connectivity index (χ1n) is 5.01. The van der Waals surface area contributed by atoms with Crippen LogP contribution in [0, 0.1) is 17.2 Å². The topological polar surface area (TPSA) is 35.8 Å². The first-order chi connectivity index (χ1) is 6.33. The van der Waals surface area contributed by atoms with Crippen LogP contribution in [0.25, 0.3) is 0 Å². The molecule has 0 aliphatic carbocycles. The number of nitrogens with zero attached hydrogens (tertiary/aromatic N) is 1. The number of hydrogen-bond donors (Lipinski definition) is 1. The van der Waals surface area contributed by atoms with E-state index in [0.717, 1.165) is 12.5 Å². The fourth-order valence-electron chi connectivity index (χ4n) is 1.53. The van der Waals surface area contributed by atoms with Crippen LogP contribution >= 0.6 is 11.8 Å². The summed E-state index contributed by atoms with van der Waals surface area (Å²) >= 11 is 2.06. The Bertz CT molecular complexity index is 170. The lowest BCUT2D eigenvalue weighted by molar-refractivity contribution is 0.418. The summed E-state index contributed by atoms with van der Waals surface area (Å²) < 4.78 is 0. The summed E-state index contributed by atoms with van der Waals surface area (Å²) in [5, 5.41) is 11.9. The monoisotopic (exact) mass is 198 g/mol. The highest BCUT2D eigenvalue weighted by molar-refractivity contribution is 7.99. The molecular formula is C10H18N2S. The Morgan fingerprint density at radius 1 is 1.54 bits per heavy atom. The van der Waals surface area contributed by atoms with Crippen molar-refractivity contribution in [1.82, 2.24) is 5.32 Å². The van der Waals surface area contributed by atoms with Crippen molar-refractivity contribution in [3.05, 3.63) is 0 Å². The maximum atomic E-state index is 8.48. The van der Waals surface area contributed by atoms with E-state index < -0.39 is 0 Å². The molecular weight excluding hydrogens is 180 g/mol. The van der Waals surface area contributed by atoms with Gasteiger partial charge in [0.05, 0.1) is 12.5 Å². The molecule has 1 N–H and O–H groups in total. The maximum Gasteiger partial charge on any atom is 0.0638 e. The van der Waals surface area contributed by atoms with Crippen LogP contribution in [-0.2, 0) is 0 Å². The van der Waals surface area contributed by atoms with Crippen molar-refractivity contribution in [2.24, 2.45) is 5.92 Å². The molecule has 1 rings (SSSR count). The summed E-state index contributed by atoms with van der Waals surface area (Å²) in [5.41, 5.74) is 0. The molecule has 2 nitrogen and oxygen atoms in total. The van der Waals surface area contributed by atoms with Gasteiger partial charge >= 0.3 is 0 Å². The van der Waals surface area contributed by atoms with Crippen molar-refractivity contribution >= 4 is 11.8 Å². The zero-order valence-electron chi connectivity index (χ0n) is 8.25. The van der Waals surface area contributed by atoms with Gasteiger partial charge in [0, 0.05) is 6.04 Å². The molecule has 1 aliphatic heterocycles. The summed E-state index contributed by atoms with van der Waals surface area (Å²) in [4.78, 5) is 0. The molecule has 1 unspecified atom stereocenters. The first-order valence-corrected chi connectivity index (χ1v) is 6.16. The Labute approximate surface area is 85.1 Å². The van der Waals surface area contributed by atoms with Gasteiger partial charge in [-0.1, -0.05) is 0 Å². The maximum absolute atomic E-state index is 8.48. The van der Waals surface area contributed by atoms with Crippen molar-refractivity contribution in [2.75, 3.05) is 18.1 Å². The Morgan fingerprint density at radius 3 is 2.85 bits per heavy atom. The first kappa shape index (κ1) is 10.9. The van der Waals surface area contributed by atoms with E-state index in [2.05, 4.69) is 30.1 Å². The highest BCUT2D eigenvalue weighted by atomic mass is 32.2. The van der Waals surface area contributed by atoms with Gasteiger partial charge in [0.1, 0.15) is 0 Å². The average molecular weight is 198 g/mol. The van der Waals surface area contributed by atoms with Crippen molar-refractivity contribution in [2.45, 2.75) is 32.2 Å². The molecule has 0 aromatic heterocycles. The van der Waals surface area contributed by atoms with E-state index in [0.29, 0.717) is 12.5 Å².